The first-order valence-electron chi connectivity index (χ1n) is 6.02. The Morgan fingerprint density at radius 2 is 2.26 bits per heavy atom. The second kappa shape index (κ2) is 5.71. The Kier molecular flexibility index (Phi) is 4.21. The van der Waals surface area contributed by atoms with E-state index in [-0.39, 0.29) is 28.4 Å². The smallest absolute Gasteiger partial charge is 0.295 e. The maximum atomic E-state index is 13.2. The van der Waals surface area contributed by atoms with Crippen LogP contribution in [0.3, 0.4) is 0 Å². The van der Waals surface area contributed by atoms with Crippen molar-refractivity contribution in [3.63, 3.8) is 0 Å². The van der Waals surface area contributed by atoms with Gasteiger partial charge in [0.05, 0.1) is 22.1 Å². The molecule has 1 fully saturated rings. The number of hydrogen-bond acceptors (Lipinski definition) is 4. The Balaban J connectivity index is 2.10. The number of aliphatic hydroxyl groups excluding tert-OH is 1. The van der Waals surface area contributed by atoms with Crippen LogP contribution in [0.15, 0.2) is 12.1 Å². The van der Waals surface area contributed by atoms with Crippen molar-refractivity contribution in [2.75, 3.05) is 11.9 Å². The molecule has 1 aliphatic carbocycles. The quantitative estimate of drug-likeness (QED) is 0.660. The Hall–Kier alpha value is -1.40. The topological polar surface area (TPSA) is 75.4 Å². The van der Waals surface area contributed by atoms with Gasteiger partial charge in [0.2, 0.25) is 0 Å². The van der Waals surface area contributed by atoms with Crippen molar-refractivity contribution in [3.8, 4) is 0 Å². The molecule has 0 heterocycles. The van der Waals surface area contributed by atoms with Crippen molar-refractivity contribution in [1.82, 2.24) is 0 Å². The van der Waals surface area contributed by atoms with Crippen molar-refractivity contribution in [1.29, 1.82) is 0 Å². The lowest BCUT2D eigenvalue weighted by Gasteiger charge is -2.12. The summed E-state index contributed by atoms with van der Waals surface area (Å²) in [6.07, 6.45) is 2.00. The van der Waals surface area contributed by atoms with E-state index in [2.05, 4.69) is 5.32 Å². The van der Waals surface area contributed by atoms with Crippen molar-refractivity contribution in [3.05, 3.63) is 33.1 Å². The van der Waals surface area contributed by atoms with E-state index < -0.39 is 10.7 Å². The highest BCUT2D eigenvalue weighted by molar-refractivity contribution is 6.31. The van der Waals surface area contributed by atoms with Gasteiger partial charge in [-0.1, -0.05) is 11.6 Å². The summed E-state index contributed by atoms with van der Waals surface area (Å²) in [6, 6.07) is 2.04. The molecule has 0 amide bonds. The summed E-state index contributed by atoms with van der Waals surface area (Å²) in [5.41, 5.74) is -0.127. The number of anilines is 1. The Morgan fingerprint density at radius 1 is 1.53 bits per heavy atom. The molecule has 1 aromatic carbocycles. The molecule has 0 radical (unpaired) electrons. The maximum absolute atomic E-state index is 13.2. The number of nitro benzene ring substituents is 1. The molecule has 1 saturated carbocycles. The van der Waals surface area contributed by atoms with E-state index in [4.69, 9.17) is 11.6 Å². The maximum Gasteiger partial charge on any atom is 0.295 e. The predicted octanol–water partition coefficient (Wildman–Crippen LogP) is 2.96. The third-order valence-electron chi connectivity index (χ3n) is 3.33. The van der Waals surface area contributed by atoms with Crippen molar-refractivity contribution < 1.29 is 14.4 Å². The van der Waals surface area contributed by atoms with E-state index >= 15 is 0 Å². The van der Waals surface area contributed by atoms with E-state index in [1.165, 1.54) is 6.07 Å². The van der Waals surface area contributed by atoms with Crippen molar-refractivity contribution in [2.45, 2.75) is 25.4 Å². The van der Waals surface area contributed by atoms with Gasteiger partial charge in [0.1, 0.15) is 11.5 Å². The van der Waals surface area contributed by atoms with Gasteiger partial charge in [-0.2, -0.15) is 0 Å². The Bertz CT molecular complexity index is 498. The molecule has 0 spiro atoms. The zero-order valence-electron chi connectivity index (χ0n) is 10.1. The number of nitro groups is 1. The molecule has 5 nitrogen and oxygen atoms in total. The first-order valence-corrected chi connectivity index (χ1v) is 6.40. The summed E-state index contributed by atoms with van der Waals surface area (Å²) in [7, 11) is 0. The van der Waals surface area contributed by atoms with Gasteiger partial charge >= 0.3 is 0 Å². The molecule has 19 heavy (non-hydrogen) atoms. The summed E-state index contributed by atoms with van der Waals surface area (Å²) >= 11 is 5.63. The van der Waals surface area contributed by atoms with E-state index in [9.17, 15) is 19.6 Å². The summed E-state index contributed by atoms with van der Waals surface area (Å²) in [4.78, 5) is 10.2. The van der Waals surface area contributed by atoms with Crippen molar-refractivity contribution in [2.24, 2.45) is 5.92 Å². The zero-order valence-corrected chi connectivity index (χ0v) is 10.9. The third-order valence-corrected chi connectivity index (χ3v) is 3.62. The fourth-order valence-corrected chi connectivity index (χ4v) is 2.48. The van der Waals surface area contributed by atoms with Crippen LogP contribution in [0.1, 0.15) is 19.3 Å². The van der Waals surface area contributed by atoms with Gasteiger partial charge < -0.3 is 10.4 Å². The molecule has 2 rings (SSSR count). The van der Waals surface area contributed by atoms with Gasteiger partial charge in [0.15, 0.2) is 0 Å². The minimum absolute atomic E-state index is 0.153. The van der Waals surface area contributed by atoms with Gasteiger partial charge in [-0.25, -0.2) is 4.39 Å². The molecule has 7 heteroatoms. The normalized spacial score (nSPS) is 22.5. The SMILES string of the molecule is O=[N+]([O-])c1cc(F)c(Cl)cc1NCC1CCC(O)C1. The average molecular weight is 289 g/mol. The number of nitrogens with zero attached hydrogens (tertiary/aromatic N) is 1. The van der Waals surface area contributed by atoms with Crippen LogP contribution < -0.4 is 5.32 Å². The fraction of sp³-hybridized carbons (Fsp3) is 0.500. The van der Waals surface area contributed by atoms with Gasteiger partial charge in [-0.05, 0) is 31.2 Å². The highest BCUT2D eigenvalue weighted by Gasteiger charge is 2.24. The van der Waals surface area contributed by atoms with Gasteiger partial charge in [0, 0.05) is 6.54 Å². The molecule has 1 aromatic rings. The number of rotatable bonds is 4. The lowest BCUT2D eigenvalue weighted by Crippen LogP contribution is -2.13. The van der Waals surface area contributed by atoms with Gasteiger partial charge in [-0.15, -0.1) is 0 Å². The average Bonchev–Trinajstić information content (AvgIpc) is 2.76. The monoisotopic (exact) mass is 288 g/mol. The summed E-state index contributed by atoms with van der Waals surface area (Å²) < 4.78 is 13.2. The molecule has 0 aromatic heterocycles. The molecule has 2 atom stereocenters. The molecule has 2 unspecified atom stereocenters. The first-order chi connectivity index (χ1) is 8.97. The van der Waals surface area contributed by atoms with E-state index in [0.29, 0.717) is 13.0 Å². The molecular formula is C12H14ClFN2O3. The van der Waals surface area contributed by atoms with E-state index in [1.54, 1.807) is 0 Å². The van der Waals surface area contributed by atoms with Crippen LogP contribution in [0.25, 0.3) is 0 Å². The second-order valence-corrected chi connectivity index (χ2v) is 5.16. The molecule has 1 aliphatic rings. The van der Waals surface area contributed by atoms with E-state index in [1.807, 2.05) is 0 Å². The fourth-order valence-electron chi connectivity index (χ4n) is 2.32. The van der Waals surface area contributed by atoms with E-state index in [0.717, 1.165) is 18.9 Å². The number of halogens is 2. The van der Waals surface area contributed by atoms with Crippen LogP contribution in [0, 0.1) is 21.8 Å². The molecule has 2 N–H and O–H groups in total. The third kappa shape index (κ3) is 3.33. The molecule has 0 saturated heterocycles. The van der Waals surface area contributed by atoms with Crippen molar-refractivity contribution >= 4 is 23.0 Å². The van der Waals surface area contributed by atoms with Crippen LogP contribution in [0.5, 0.6) is 0 Å². The summed E-state index contributed by atoms with van der Waals surface area (Å²) in [5, 5.41) is 23.0. The van der Waals surface area contributed by atoms with Gasteiger partial charge in [0.25, 0.3) is 5.69 Å². The molecule has 0 aliphatic heterocycles. The Morgan fingerprint density at radius 3 is 2.84 bits per heavy atom. The molecule has 0 bridgehead atoms. The minimum atomic E-state index is -0.810. The lowest BCUT2D eigenvalue weighted by atomic mass is 10.1. The highest BCUT2D eigenvalue weighted by atomic mass is 35.5. The number of aliphatic hydroxyl groups is 1. The minimum Gasteiger partial charge on any atom is -0.393 e. The van der Waals surface area contributed by atoms with Gasteiger partial charge in [-0.3, -0.25) is 10.1 Å². The number of hydrogen-bond donors (Lipinski definition) is 2. The van der Waals surface area contributed by atoms with Crippen LogP contribution in [0.4, 0.5) is 15.8 Å². The Labute approximate surface area is 114 Å². The summed E-state index contributed by atoms with van der Waals surface area (Å²) in [5.74, 6) is -0.548. The van der Waals surface area contributed by atoms with Crippen LogP contribution in [-0.4, -0.2) is 22.7 Å². The molecule has 104 valence electrons. The highest BCUT2D eigenvalue weighted by Crippen LogP contribution is 2.32. The lowest BCUT2D eigenvalue weighted by molar-refractivity contribution is -0.384. The first kappa shape index (κ1) is 14.0. The summed E-state index contributed by atoms with van der Waals surface area (Å²) in [6.45, 7) is 0.500. The number of benzene rings is 1. The van der Waals surface area contributed by atoms with Crippen LogP contribution >= 0.6 is 11.6 Å². The second-order valence-electron chi connectivity index (χ2n) is 4.75. The molecular weight excluding hydrogens is 275 g/mol. The van der Waals surface area contributed by atoms with Crippen LogP contribution in [-0.2, 0) is 0 Å². The standard InChI is InChI=1S/C12H14ClFN2O3/c13-9-4-11(12(16(18)19)5-10(9)14)15-6-7-1-2-8(17)3-7/h4-5,7-8,15,17H,1-3,6H2. The predicted molar refractivity (Wildman–Crippen MR) is 69.9 cm³/mol. The van der Waals surface area contributed by atoms with Crippen LogP contribution in [0.2, 0.25) is 5.02 Å². The largest absolute Gasteiger partial charge is 0.393 e. The number of nitrogens with one attached hydrogen (secondary N) is 1. The zero-order chi connectivity index (χ0) is 14.0.